The summed E-state index contributed by atoms with van der Waals surface area (Å²) in [4.78, 5) is 27.1. The van der Waals surface area contributed by atoms with Crippen LogP contribution in [0.25, 0.3) is 0 Å². The molecule has 3 atom stereocenters. The molecule has 1 saturated heterocycles. The number of morpholine rings is 1. The molecule has 2 amide bonds. The number of nitrogens with zero attached hydrogens (tertiary/aromatic N) is 1. The number of hydrogen-bond donors (Lipinski definition) is 2. The van der Waals surface area contributed by atoms with Crippen molar-refractivity contribution in [1.29, 1.82) is 0 Å². The molecular formula is C17H25ClN3O3+. The number of para-hydroxylation sites is 1. The highest BCUT2D eigenvalue weighted by molar-refractivity contribution is 6.33. The van der Waals surface area contributed by atoms with Crippen LogP contribution in [0, 0.1) is 0 Å². The van der Waals surface area contributed by atoms with Crippen molar-refractivity contribution in [1.82, 2.24) is 4.90 Å². The number of likely N-dealkylation sites (N-methyl/N-ethyl adjacent to an activating group) is 1. The van der Waals surface area contributed by atoms with Crippen LogP contribution in [-0.4, -0.2) is 62.1 Å². The summed E-state index contributed by atoms with van der Waals surface area (Å²) in [6, 6.07) is 7.08. The zero-order valence-electron chi connectivity index (χ0n) is 14.3. The number of nitrogens with one attached hydrogen (secondary N) is 2. The summed E-state index contributed by atoms with van der Waals surface area (Å²) in [5, 5.41) is 3.27. The van der Waals surface area contributed by atoms with Gasteiger partial charge in [0.05, 0.1) is 30.0 Å². The molecule has 1 aromatic rings. The van der Waals surface area contributed by atoms with Gasteiger partial charge in [-0.3, -0.25) is 9.59 Å². The minimum atomic E-state index is -0.169. The average molecular weight is 355 g/mol. The standard InChI is InChI=1S/C17H24ClN3O3/c1-12-8-21(9-13(2)24-12)17(23)11-20(3)10-16(22)19-15-7-5-4-6-14(15)18/h4-7,12-13H,8-11H2,1-3H3,(H,19,22)/p+1/t12-,13-/m1/s1. The minimum absolute atomic E-state index is 0.0417. The van der Waals surface area contributed by atoms with Crippen LogP contribution in [0.1, 0.15) is 13.8 Å². The first kappa shape index (κ1) is 18.7. The van der Waals surface area contributed by atoms with Crippen LogP contribution < -0.4 is 10.2 Å². The van der Waals surface area contributed by atoms with E-state index < -0.39 is 0 Å². The number of amides is 2. The van der Waals surface area contributed by atoms with Crippen LogP contribution in [0.4, 0.5) is 5.69 Å². The summed E-state index contributed by atoms with van der Waals surface area (Å²) in [5.74, 6) is -0.128. The third kappa shape index (κ3) is 5.47. The van der Waals surface area contributed by atoms with Crippen LogP contribution >= 0.6 is 11.6 Å². The second-order valence-corrected chi connectivity index (χ2v) is 6.80. The number of quaternary nitrogens is 1. The second kappa shape index (κ2) is 8.46. The Bertz CT molecular complexity index is 586. The molecule has 1 fully saturated rings. The monoisotopic (exact) mass is 354 g/mol. The third-order valence-corrected chi connectivity index (χ3v) is 4.17. The largest absolute Gasteiger partial charge is 0.372 e. The van der Waals surface area contributed by atoms with E-state index in [4.69, 9.17) is 16.3 Å². The Morgan fingerprint density at radius 3 is 2.50 bits per heavy atom. The highest BCUT2D eigenvalue weighted by Crippen LogP contribution is 2.19. The number of anilines is 1. The van der Waals surface area contributed by atoms with Gasteiger partial charge in [0.25, 0.3) is 11.8 Å². The molecule has 2 N–H and O–H groups in total. The molecule has 0 aliphatic carbocycles. The van der Waals surface area contributed by atoms with E-state index in [0.29, 0.717) is 23.8 Å². The van der Waals surface area contributed by atoms with E-state index in [1.165, 1.54) is 0 Å². The van der Waals surface area contributed by atoms with Crippen molar-refractivity contribution in [3.8, 4) is 0 Å². The molecule has 6 nitrogen and oxygen atoms in total. The molecular weight excluding hydrogens is 330 g/mol. The van der Waals surface area contributed by atoms with Gasteiger partial charge in [0.15, 0.2) is 13.1 Å². The Kier molecular flexibility index (Phi) is 6.60. The van der Waals surface area contributed by atoms with Gasteiger partial charge >= 0.3 is 0 Å². The maximum absolute atomic E-state index is 12.4. The number of ether oxygens (including phenoxy) is 1. The topological polar surface area (TPSA) is 63.1 Å². The first-order chi connectivity index (χ1) is 11.3. The Morgan fingerprint density at radius 2 is 1.88 bits per heavy atom. The molecule has 0 saturated carbocycles. The van der Waals surface area contributed by atoms with Crippen LogP contribution in [0.3, 0.4) is 0 Å². The van der Waals surface area contributed by atoms with Gasteiger partial charge in [-0.05, 0) is 26.0 Å². The van der Waals surface area contributed by atoms with E-state index >= 15 is 0 Å². The van der Waals surface area contributed by atoms with Crippen molar-refractivity contribution < 1.29 is 19.2 Å². The number of carbonyl (C=O) groups excluding carboxylic acids is 2. The van der Waals surface area contributed by atoms with E-state index in [1.807, 2.05) is 31.9 Å². The zero-order valence-corrected chi connectivity index (χ0v) is 15.1. The molecule has 1 aliphatic heterocycles. The van der Waals surface area contributed by atoms with Gasteiger partial charge in [0.1, 0.15) is 0 Å². The van der Waals surface area contributed by atoms with Crippen LogP contribution in [0.5, 0.6) is 0 Å². The summed E-state index contributed by atoms with van der Waals surface area (Å²) < 4.78 is 5.64. The van der Waals surface area contributed by atoms with Gasteiger partial charge in [-0.1, -0.05) is 23.7 Å². The van der Waals surface area contributed by atoms with Gasteiger partial charge < -0.3 is 19.9 Å². The molecule has 1 heterocycles. The molecule has 2 rings (SSSR count). The lowest BCUT2D eigenvalue weighted by Gasteiger charge is -2.35. The fourth-order valence-electron chi connectivity index (χ4n) is 2.85. The van der Waals surface area contributed by atoms with Gasteiger partial charge in [-0.25, -0.2) is 0 Å². The van der Waals surface area contributed by atoms with E-state index in [-0.39, 0.29) is 37.1 Å². The molecule has 132 valence electrons. The van der Waals surface area contributed by atoms with Crippen LogP contribution in [-0.2, 0) is 14.3 Å². The molecule has 1 unspecified atom stereocenters. The summed E-state index contributed by atoms with van der Waals surface area (Å²) >= 11 is 6.02. The highest BCUT2D eigenvalue weighted by Gasteiger charge is 2.27. The van der Waals surface area contributed by atoms with Crippen molar-refractivity contribution in [2.24, 2.45) is 0 Å². The molecule has 0 radical (unpaired) electrons. The van der Waals surface area contributed by atoms with E-state index in [2.05, 4.69) is 5.32 Å². The average Bonchev–Trinajstić information content (AvgIpc) is 2.48. The van der Waals surface area contributed by atoms with Gasteiger partial charge in [-0.2, -0.15) is 0 Å². The Morgan fingerprint density at radius 1 is 1.25 bits per heavy atom. The quantitative estimate of drug-likeness (QED) is 0.806. The van der Waals surface area contributed by atoms with Crippen molar-refractivity contribution in [2.45, 2.75) is 26.1 Å². The van der Waals surface area contributed by atoms with Crippen molar-refractivity contribution in [3.05, 3.63) is 29.3 Å². The first-order valence-electron chi connectivity index (χ1n) is 8.14. The fourth-order valence-corrected chi connectivity index (χ4v) is 3.03. The smallest absolute Gasteiger partial charge is 0.279 e. The van der Waals surface area contributed by atoms with Gasteiger partial charge in [0.2, 0.25) is 0 Å². The summed E-state index contributed by atoms with van der Waals surface area (Å²) in [6.45, 7) is 5.60. The van der Waals surface area contributed by atoms with Gasteiger partial charge in [-0.15, -0.1) is 0 Å². The molecule has 1 aliphatic rings. The first-order valence-corrected chi connectivity index (χ1v) is 8.52. The number of carbonyl (C=O) groups is 2. The lowest BCUT2D eigenvalue weighted by molar-refractivity contribution is -0.862. The van der Waals surface area contributed by atoms with Crippen molar-refractivity contribution in [2.75, 3.05) is 38.5 Å². The maximum Gasteiger partial charge on any atom is 0.279 e. The fraction of sp³-hybridized carbons (Fsp3) is 0.529. The lowest BCUT2D eigenvalue weighted by atomic mass is 10.2. The Labute approximate surface area is 147 Å². The summed E-state index contributed by atoms with van der Waals surface area (Å²) in [6.07, 6.45) is 0.0862. The lowest BCUT2D eigenvalue weighted by Crippen LogP contribution is -3.11. The highest BCUT2D eigenvalue weighted by atomic mass is 35.5. The third-order valence-electron chi connectivity index (χ3n) is 3.84. The molecule has 1 aromatic carbocycles. The van der Waals surface area contributed by atoms with E-state index in [1.54, 1.807) is 18.2 Å². The number of rotatable bonds is 5. The van der Waals surface area contributed by atoms with Gasteiger partial charge in [0, 0.05) is 13.1 Å². The summed E-state index contributed by atoms with van der Waals surface area (Å²) in [7, 11) is 1.83. The number of halogens is 1. The number of benzene rings is 1. The van der Waals surface area contributed by atoms with E-state index in [9.17, 15) is 9.59 Å². The molecule has 0 spiro atoms. The van der Waals surface area contributed by atoms with Crippen molar-refractivity contribution in [3.63, 3.8) is 0 Å². The zero-order chi connectivity index (χ0) is 17.7. The molecule has 0 aromatic heterocycles. The van der Waals surface area contributed by atoms with E-state index in [0.717, 1.165) is 4.90 Å². The number of hydrogen-bond acceptors (Lipinski definition) is 3. The van der Waals surface area contributed by atoms with Crippen LogP contribution in [0.2, 0.25) is 5.02 Å². The predicted octanol–water partition coefficient (Wildman–Crippen LogP) is 0.429. The van der Waals surface area contributed by atoms with Crippen LogP contribution in [0.15, 0.2) is 24.3 Å². The molecule has 0 bridgehead atoms. The molecule has 7 heteroatoms. The Balaban J connectivity index is 1.81. The maximum atomic E-state index is 12.4. The second-order valence-electron chi connectivity index (χ2n) is 6.39. The SMILES string of the molecule is C[C@@H]1CN(C(=O)C[NH+](C)CC(=O)Nc2ccccc2Cl)C[C@@H](C)O1. The Hall–Kier alpha value is -1.63. The molecule has 24 heavy (non-hydrogen) atoms. The summed E-state index contributed by atoms with van der Waals surface area (Å²) in [5.41, 5.74) is 0.583. The van der Waals surface area contributed by atoms with Crippen molar-refractivity contribution >= 4 is 29.1 Å². The normalized spacial score (nSPS) is 22.1. The predicted molar refractivity (Wildman–Crippen MR) is 93.3 cm³/mol. The minimum Gasteiger partial charge on any atom is -0.372 e.